The van der Waals surface area contributed by atoms with Gasteiger partial charge in [0.05, 0.1) is 0 Å². The first-order valence-corrected chi connectivity index (χ1v) is 7.70. The Hall–Kier alpha value is -2.05. The van der Waals surface area contributed by atoms with Gasteiger partial charge in [-0.05, 0) is 44.1 Å². The molecule has 3 rings (SSSR count). The van der Waals surface area contributed by atoms with Crippen molar-refractivity contribution in [2.24, 2.45) is 16.5 Å². The summed E-state index contributed by atoms with van der Waals surface area (Å²) in [5.74, 6) is 0.168. The maximum absolute atomic E-state index is 6.27. The molecular formula is C16H23N5O. The van der Waals surface area contributed by atoms with Crippen molar-refractivity contribution in [2.45, 2.75) is 18.6 Å². The normalized spacial score (nSPS) is 24.9. The van der Waals surface area contributed by atoms with Gasteiger partial charge in [0.2, 0.25) is 5.79 Å². The molecule has 0 spiro atoms. The minimum Gasteiger partial charge on any atom is -0.492 e. The molecular weight excluding hydrogens is 278 g/mol. The maximum Gasteiger partial charge on any atom is 0.211 e. The van der Waals surface area contributed by atoms with Crippen LogP contribution in [0.4, 0.5) is 0 Å². The molecule has 1 saturated heterocycles. The third kappa shape index (κ3) is 3.40. The van der Waals surface area contributed by atoms with Gasteiger partial charge in [0, 0.05) is 18.3 Å². The van der Waals surface area contributed by atoms with Gasteiger partial charge in [-0.15, -0.1) is 0 Å². The van der Waals surface area contributed by atoms with Crippen molar-refractivity contribution in [3.8, 4) is 5.75 Å². The predicted molar refractivity (Wildman–Crippen MR) is 87.4 cm³/mol. The van der Waals surface area contributed by atoms with E-state index in [1.807, 2.05) is 24.3 Å². The van der Waals surface area contributed by atoms with E-state index >= 15 is 0 Å². The Morgan fingerprint density at radius 1 is 1.32 bits per heavy atom. The number of nitrogens with zero attached hydrogens (tertiary/aromatic N) is 2. The molecule has 0 saturated carbocycles. The highest BCUT2D eigenvalue weighted by Gasteiger charge is 2.27. The van der Waals surface area contributed by atoms with Gasteiger partial charge in [-0.1, -0.05) is 12.1 Å². The highest BCUT2D eigenvalue weighted by Crippen LogP contribution is 2.23. The van der Waals surface area contributed by atoms with Gasteiger partial charge in [0.1, 0.15) is 18.2 Å². The summed E-state index contributed by atoms with van der Waals surface area (Å²) in [6, 6.07) is 7.67. The molecule has 1 atom stereocenters. The number of ether oxygens (including phenoxy) is 1. The van der Waals surface area contributed by atoms with Crippen LogP contribution in [0, 0.1) is 0 Å². The Kier molecular flexibility index (Phi) is 4.31. The van der Waals surface area contributed by atoms with E-state index in [0.717, 1.165) is 17.9 Å². The molecule has 22 heavy (non-hydrogen) atoms. The third-order valence-corrected chi connectivity index (χ3v) is 4.01. The number of hydrogen-bond donors (Lipinski definition) is 3. The summed E-state index contributed by atoms with van der Waals surface area (Å²) >= 11 is 0. The molecule has 1 unspecified atom stereocenters. The van der Waals surface area contributed by atoms with Crippen LogP contribution in [0.3, 0.4) is 0 Å². The van der Waals surface area contributed by atoms with Gasteiger partial charge in [0.25, 0.3) is 0 Å². The van der Waals surface area contributed by atoms with Crippen molar-refractivity contribution in [2.75, 3.05) is 26.2 Å². The number of benzene rings is 1. The zero-order valence-corrected chi connectivity index (χ0v) is 12.7. The lowest BCUT2D eigenvalue weighted by molar-refractivity contribution is 0.237. The van der Waals surface area contributed by atoms with Crippen molar-refractivity contribution in [1.82, 2.24) is 10.2 Å². The van der Waals surface area contributed by atoms with Crippen LogP contribution in [0.25, 0.3) is 0 Å². The zero-order chi connectivity index (χ0) is 15.4. The molecule has 0 amide bonds. The second kappa shape index (κ2) is 6.37. The number of hydrogen-bond acceptors (Lipinski definition) is 6. The van der Waals surface area contributed by atoms with Crippen molar-refractivity contribution >= 4 is 5.84 Å². The molecule has 6 heteroatoms. The van der Waals surface area contributed by atoms with E-state index < -0.39 is 5.79 Å². The van der Waals surface area contributed by atoms with Crippen LogP contribution in [0.1, 0.15) is 18.4 Å². The van der Waals surface area contributed by atoms with Crippen molar-refractivity contribution in [3.63, 3.8) is 0 Å². The fourth-order valence-corrected chi connectivity index (χ4v) is 2.80. The first-order chi connectivity index (χ1) is 10.7. The predicted octanol–water partition coefficient (Wildman–Crippen LogP) is 0.704. The number of amidine groups is 1. The van der Waals surface area contributed by atoms with Crippen LogP contribution >= 0.6 is 0 Å². The van der Waals surface area contributed by atoms with Crippen LogP contribution in [0.15, 0.2) is 41.5 Å². The first-order valence-electron chi connectivity index (χ1n) is 7.70. The van der Waals surface area contributed by atoms with E-state index in [1.54, 1.807) is 12.3 Å². The van der Waals surface area contributed by atoms with Gasteiger partial charge >= 0.3 is 0 Å². The fourth-order valence-electron chi connectivity index (χ4n) is 2.80. The van der Waals surface area contributed by atoms with Crippen LogP contribution in [0.5, 0.6) is 5.75 Å². The van der Waals surface area contributed by atoms with E-state index in [1.165, 1.54) is 25.9 Å². The summed E-state index contributed by atoms with van der Waals surface area (Å²) < 4.78 is 5.85. The molecule has 118 valence electrons. The van der Waals surface area contributed by atoms with Crippen LogP contribution in [-0.4, -0.2) is 37.0 Å². The van der Waals surface area contributed by atoms with Crippen molar-refractivity contribution in [3.05, 3.63) is 42.1 Å². The average Bonchev–Trinajstić information content (AvgIpc) is 3.01. The molecule has 2 heterocycles. The average molecular weight is 301 g/mol. The standard InChI is InChI=1S/C16H23N5O/c17-15-6-7-19-16(18,20-15)13-4-3-5-14(12-13)22-11-10-21-8-1-2-9-21/h3-7,12,19H,1-2,8-11,18H2,(H2,17,20). The fraction of sp³-hybridized carbons (Fsp3) is 0.438. The Morgan fingerprint density at radius 2 is 2.14 bits per heavy atom. The van der Waals surface area contributed by atoms with E-state index in [4.69, 9.17) is 16.2 Å². The molecule has 1 fully saturated rings. The van der Waals surface area contributed by atoms with Crippen molar-refractivity contribution in [1.29, 1.82) is 0 Å². The monoisotopic (exact) mass is 301 g/mol. The second-order valence-corrected chi connectivity index (χ2v) is 5.71. The highest BCUT2D eigenvalue weighted by atomic mass is 16.5. The molecule has 1 aromatic rings. The van der Waals surface area contributed by atoms with E-state index in [-0.39, 0.29) is 0 Å². The number of aliphatic imine (C=N–C) groups is 1. The smallest absolute Gasteiger partial charge is 0.211 e. The number of rotatable bonds is 5. The van der Waals surface area contributed by atoms with Crippen LogP contribution in [-0.2, 0) is 5.79 Å². The third-order valence-electron chi connectivity index (χ3n) is 4.01. The highest BCUT2D eigenvalue weighted by molar-refractivity contribution is 5.92. The summed E-state index contributed by atoms with van der Waals surface area (Å²) in [6.45, 7) is 4.00. The zero-order valence-electron chi connectivity index (χ0n) is 12.7. The maximum atomic E-state index is 6.27. The van der Waals surface area contributed by atoms with Crippen LogP contribution in [0.2, 0.25) is 0 Å². The lowest BCUT2D eigenvalue weighted by atomic mass is 10.1. The van der Waals surface area contributed by atoms with Gasteiger partial charge in [-0.25, -0.2) is 4.99 Å². The molecule has 0 aliphatic carbocycles. The lowest BCUT2D eigenvalue weighted by Gasteiger charge is -2.29. The summed E-state index contributed by atoms with van der Waals surface area (Å²) in [5.41, 5.74) is 12.8. The van der Waals surface area contributed by atoms with Crippen LogP contribution < -0.4 is 21.5 Å². The minimum absolute atomic E-state index is 0.404. The Labute approximate surface area is 130 Å². The molecule has 5 N–H and O–H groups in total. The lowest BCUT2D eigenvalue weighted by Crippen LogP contribution is -2.49. The largest absolute Gasteiger partial charge is 0.492 e. The SMILES string of the molecule is NC1=NC(N)(c2cccc(OCCN3CCCC3)c2)NC=C1. The topological polar surface area (TPSA) is 88.9 Å². The molecule has 0 aromatic heterocycles. The second-order valence-electron chi connectivity index (χ2n) is 5.71. The van der Waals surface area contributed by atoms with E-state index in [0.29, 0.717) is 12.4 Å². The molecule has 6 nitrogen and oxygen atoms in total. The molecule has 0 radical (unpaired) electrons. The summed E-state index contributed by atoms with van der Waals surface area (Å²) in [6.07, 6.45) is 5.98. The molecule has 0 bridgehead atoms. The van der Waals surface area contributed by atoms with Gasteiger partial charge in [-0.3, -0.25) is 10.6 Å². The van der Waals surface area contributed by atoms with E-state index in [9.17, 15) is 0 Å². The first kappa shape index (κ1) is 14.9. The summed E-state index contributed by atoms with van der Waals surface area (Å²) in [7, 11) is 0. The summed E-state index contributed by atoms with van der Waals surface area (Å²) in [4.78, 5) is 6.70. The quantitative estimate of drug-likeness (QED) is 0.745. The molecule has 1 aromatic carbocycles. The number of likely N-dealkylation sites (tertiary alicyclic amines) is 1. The number of nitrogens with two attached hydrogens (primary N) is 2. The molecule has 2 aliphatic rings. The Bertz CT molecular complexity index is 580. The Balaban J connectivity index is 1.63. The number of nitrogens with one attached hydrogen (secondary N) is 1. The van der Waals surface area contributed by atoms with Crippen molar-refractivity contribution < 1.29 is 4.74 Å². The minimum atomic E-state index is -1.03. The Morgan fingerprint density at radius 3 is 2.91 bits per heavy atom. The van der Waals surface area contributed by atoms with E-state index in [2.05, 4.69) is 15.2 Å². The molecule has 2 aliphatic heterocycles. The van der Waals surface area contributed by atoms with Gasteiger partial charge < -0.3 is 15.8 Å². The van der Waals surface area contributed by atoms with Gasteiger partial charge in [0.15, 0.2) is 0 Å². The summed E-state index contributed by atoms with van der Waals surface area (Å²) in [5, 5.41) is 3.04. The van der Waals surface area contributed by atoms with Gasteiger partial charge in [-0.2, -0.15) is 0 Å².